The fraction of sp³-hybridized carbons (Fsp3) is 0.222. The van der Waals surface area contributed by atoms with E-state index in [0.717, 1.165) is 0 Å². The van der Waals surface area contributed by atoms with Crippen molar-refractivity contribution in [2.45, 2.75) is 0 Å². The first-order chi connectivity index (χ1) is 5.86. The lowest BCUT2D eigenvalue weighted by molar-refractivity contribution is 0.172. The summed E-state index contributed by atoms with van der Waals surface area (Å²) < 4.78 is 10.5. The van der Waals surface area contributed by atoms with Gasteiger partial charge in [-0.1, -0.05) is 0 Å². The number of rotatable bonds is 0. The minimum absolute atomic E-state index is 0.0448. The monoisotopic (exact) mass is 164 g/mol. The fourth-order valence-corrected chi connectivity index (χ4v) is 1.08. The second-order valence-corrected chi connectivity index (χ2v) is 2.49. The van der Waals surface area contributed by atoms with Gasteiger partial charge >= 0.3 is 0 Å². The van der Waals surface area contributed by atoms with E-state index in [0.29, 0.717) is 24.7 Å². The van der Waals surface area contributed by atoms with Crippen molar-refractivity contribution >= 4 is 0 Å². The first kappa shape index (κ1) is 7.16. The number of fused-ring (bicyclic) bond motifs is 1. The van der Waals surface area contributed by atoms with E-state index >= 15 is 0 Å². The number of hydrogen-bond donors (Lipinski definition) is 0. The molecule has 2 rings (SSSR count). The van der Waals surface area contributed by atoms with E-state index in [1.165, 1.54) is 12.1 Å². The average molecular weight is 164 g/mol. The van der Waals surface area contributed by atoms with Gasteiger partial charge in [-0.15, -0.1) is 0 Å². The summed E-state index contributed by atoms with van der Waals surface area (Å²) in [5, 5.41) is 0. The molecule has 1 aromatic rings. The van der Waals surface area contributed by atoms with Gasteiger partial charge in [0.15, 0.2) is 16.9 Å². The molecule has 0 atom stereocenters. The summed E-state index contributed by atoms with van der Waals surface area (Å²) in [6, 6.07) is 6.20. The summed E-state index contributed by atoms with van der Waals surface area (Å²) in [5.41, 5.74) is -0.0448. The van der Waals surface area contributed by atoms with Gasteiger partial charge in [0.1, 0.15) is 13.2 Å². The van der Waals surface area contributed by atoms with Gasteiger partial charge in [0.2, 0.25) is 0 Å². The summed E-state index contributed by atoms with van der Waals surface area (Å²) in [6.07, 6.45) is 0. The predicted molar refractivity (Wildman–Crippen MR) is 43.7 cm³/mol. The van der Waals surface area contributed by atoms with Crippen LogP contribution in [-0.2, 0) is 0 Å². The quantitative estimate of drug-likeness (QED) is 0.569. The highest BCUT2D eigenvalue weighted by atomic mass is 16.6. The Hall–Kier alpha value is -1.51. The van der Waals surface area contributed by atoms with Crippen molar-refractivity contribution in [3.63, 3.8) is 0 Å². The molecule has 3 nitrogen and oxygen atoms in total. The maximum Gasteiger partial charge on any atom is 0.178 e. The second-order valence-electron chi connectivity index (χ2n) is 2.49. The Kier molecular flexibility index (Phi) is 1.70. The molecule has 0 aliphatic carbocycles. The Morgan fingerprint density at radius 3 is 1.92 bits per heavy atom. The molecule has 3 heteroatoms. The van der Waals surface area contributed by atoms with Crippen molar-refractivity contribution in [2.24, 2.45) is 0 Å². The van der Waals surface area contributed by atoms with Crippen LogP contribution < -0.4 is 14.9 Å². The van der Waals surface area contributed by atoms with E-state index in [9.17, 15) is 4.79 Å². The molecule has 0 bridgehead atoms. The Balaban J connectivity index is 2.56. The zero-order valence-corrected chi connectivity index (χ0v) is 6.45. The Labute approximate surface area is 69.6 Å². The SMILES string of the molecule is O=c1ccc2c(cc1)OCCO2. The van der Waals surface area contributed by atoms with E-state index in [1.807, 2.05) is 0 Å². The van der Waals surface area contributed by atoms with Crippen LogP contribution in [0, 0.1) is 0 Å². The molecule has 12 heavy (non-hydrogen) atoms. The molecule has 62 valence electrons. The van der Waals surface area contributed by atoms with Gasteiger partial charge in [-0.3, -0.25) is 4.79 Å². The van der Waals surface area contributed by atoms with Gasteiger partial charge in [0.05, 0.1) is 0 Å². The van der Waals surface area contributed by atoms with Crippen molar-refractivity contribution in [2.75, 3.05) is 13.2 Å². The van der Waals surface area contributed by atoms with Gasteiger partial charge < -0.3 is 9.47 Å². The highest BCUT2D eigenvalue weighted by Gasteiger charge is 2.08. The maximum absolute atomic E-state index is 10.9. The summed E-state index contributed by atoms with van der Waals surface area (Å²) in [4.78, 5) is 10.9. The lowest BCUT2D eigenvalue weighted by atomic mass is 10.4. The summed E-state index contributed by atoms with van der Waals surface area (Å²) in [6.45, 7) is 1.09. The zero-order chi connectivity index (χ0) is 8.39. The van der Waals surface area contributed by atoms with Crippen LogP contribution >= 0.6 is 0 Å². The van der Waals surface area contributed by atoms with Crippen LogP contribution in [0.15, 0.2) is 29.1 Å². The average Bonchev–Trinajstić information content (AvgIpc) is 2.29. The van der Waals surface area contributed by atoms with Crippen LogP contribution in [0.2, 0.25) is 0 Å². The molecular formula is C9H8O3. The minimum atomic E-state index is -0.0448. The molecule has 0 aromatic heterocycles. The third-order valence-corrected chi connectivity index (χ3v) is 1.64. The van der Waals surface area contributed by atoms with Crippen molar-refractivity contribution in [1.29, 1.82) is 0 Å². The van der Waals surface area contributed by atoms with Crippen LogP contribution in [0.1, 0.15) is 0 Å². The van der Waals surface area contributed by atoms with Gasteiger partial charge in [-0.25, -0.2) is 0 Å². The lowest BCUT2D eigenvalue weighted by Crippen LogP contribution is -2.14. The van der Waals surface area contributed by atoms with Crippen molar-refractivity contribution in [1.82, 2.24) is 0 Å². The smallest absolute Gasteiger partial charge is 0.178 e. The number of hydrogen-bond acceptors (Lipinski definition) is 3. The first-order valence-electron chi connectivity index (χ1n) is 3.76. The molecule has 0 unspecified atom stereocenters. The van der Waals surface area contributed by atoms with Crippen LogP contribution in [0.4, 0.5) is 0 Å². The summed E-state index contributed by atoms with van der Waals surface area (Å²) in [5.74, 6) is 1.28. The van der Waals surface area contributed by atoms with Crippen molar-refractivity contribution < 1.29 is 9.47 Å². The molecule has 0 saturated carbocycles. The van der Waals surface area contributed by atoms with Crippen LogP contribution in [0.5, 0.6) is 11.5 Å². The van der Waals surface area contributed by atoms with E-state index in [2.05, 4.69) is 0 Å². The first-order valence-corrected chi connectivity index (χ1v) is 3.76. The molecule has 0 radical (unpaired) electrons. The Morgan fingerprint density at radius 1 is 0.917 bits per heavy atom. The van der Waals surface area contributed by atoms with Crippen molar-refractivity contribution in [3.8, 4) is 11.5 Å². The molecule has 0 amide bonds. The normalized spacial score (nSPS) is 14.0. The lowest BCUT2D eigenvalue weighted by Gasteiger charge is -2.15. The molecule has 0 fully saturated rings. The maximum atomic E-state index is 10.9. The molecule has 1 aromatic carbocycles. The van der Waals surface area contributed by atoms with Gasteiger partial charge in [0.25, 0.3) is 0 Å². The minimum Gasteiger partial charge on any atom is -0.486 e. The van der Waals surface area contributed by atoms with Gasteiger partial charge in [-0.2, -0.15) is 0 Å². The van der Waals surface area contributed by atoms with Crippen LogP contribution in [-0.4, -0.2) is 13.2 Å². The highest BCUT2D eigenvalue weighted by Crippen LogP contribution is 2.26. The Bertz CT molecular complexity index is 314. The summed E-state index contributed by atoms with van der Waals surface area (Å²) in [7, 11) is 0. The van der Waals surface area contributed by atoms with E-state index in [-0.39, 0.29) is 5.43 Å². The standard InChI is InChI=1S/C9H8O3/c10-7-1-3-8-9(4-2-7)12-6-5-11-8/h1-4H,5-6H2. The second kappa shape index (κ2) is 2.85. The van der Waals surface area contributed by atoms with E-state index in [1.54, 1.807) is 12.1 Å². The van der Waals surface area contributed by atoms with Crippen LogP contribution in [0.3, 0.4) is 0 Å². The molecular weight excluding hydrogens is 156 g/mol. The molecule has 0 N–H and O–H groups in total. The Morgan fingerprint density at radius 2 is 1.42 bits per heavy atom. The van der Waals surface area contributed by atoms with E-state index in [4.69, 9.17) is 9.47 Å². The molecule has 1 aliphatic heterocycles. The van der Waals surface area contributed by atoms with Crippen molar-refractivity contribution in [3.05, 3.63) is 34.5 Å². The predicted octanol–water partition coefficient (Wildman–Crippen LogP) is 0.818. The fourth-order valence-electron chi connectivity index (χ4n) is 1.08. The van der Waals surface area contributed by atoms with Crippen LogP contribution in [0.25, 0.3) is 0 Å². The zero-order valence-electron chi connectivity index (χ0n) is 6.45. The largest absolute Gasteiger partial charge is 0.486 e. The van der Waals surface area contributed by atoms with Gasteiger partial charge in [-0.05, 0) is 24.3 Å². The third-order valence-electron chi connectivity index (χ3n) is 1.64. The number of ether oxygens (including phenoxy) is 2. The molecule has 0 saturated heterocycles. The summed E-state index contributed by atoms with van der Waals surface area (Å²) >= 11 is 0. The molecule has 1 heterocycles. The van der Waals surface area contributed by atoms with Gasteiger partial charge in [0, 0.05) is 0 Å². The highest BCUT2D eigenvalue weighted by molar-refractivity contribution is 5.39. The topological polar surface area (TPSA) is 35.5 Å². The third kappa shape index (κ3) is 1.25. The molecule has 1 aliphatic rings. The molecule has 0 spiro atoms. The van der Waals surface area contributed by atoms with E-state index < -0.39 is 0 Å².